The van der Waals surface area contributed by atoms with E-state index in [1.54, 1.807) is 12.1 Å². The predicted molar refractivity (Wildman–Crippen MR) is 74.0 cm³/mol. The maximum atomic E-state index is 11.0. The first-order valence-electron chi connectivity index (χ1n) is 6.41. The van der Waals surface area contributed by atoms with E-state index in [1.165, 1.54) is 0 Å². The van der Waals surface area contributed by atoms with E-state index in [1.807, 2.05) is 31.7 Å². The summed E-state index contributed by atoms with van der Waals surface area (Å²) in [6, 6.07) is 5.41. The summed E-state index contributed by atoms with van der Waals surface area (Å²) in [5, 5.41) is 9.64. The van der Waals surface area contributed by atoms with Crippen LogP contribution in [-0.2, 0) is 11.3 Å². The van der Waals surface area contributed by atoms with Crippen molar-refractivity contribution in [3.63, 3.8) is 0 Å². The van der Waals surface area contributed by atoms with Crippen molar-refractivity contribution in [1.82, 2.24) is 4.90 Å². The zero-order chi connectivity index (χ0) is 14.4. The highest BCUT2D eigenvalue weighted by Gasteiger charge is 2.14. The van der Waals surface area contributed by atoms with Gasteiger partial charge in [-0.3, -0.25) is 9.69 Å². The molecule has 0 saturated carbocycles. The highest BCUT2D eigenvalue weighted by Crippen LogP contribution is 2.27. The first kappa shape index (κ1) is 15.3. The smallest absolute Gasteiger partial charge is 0.231 e. The van der Waals surface area contributed by atoms with Crippen molar-refractivity contribution >= 4 is 5.91 Å². The zero-order valence-corrected chi connectivity index (χ0v) is 11.7. The zero-order valence-electron chi connectivity index (χ0n) is 11.7. The standard InChI is InChI=1S/C14H22N2O3/c1-4-19-13-7-11(5-6-12(13)17)8-16(10(2)3)9-14(15)18/h5-7,10,17H,4,8-9H2,1-3H3,(H2,15,18). The average molecular weight is 266 g/mol. The van der Waals surface area contributed by atoms with Crippen molar-refractivity contribution < 1.29 is 14.6 Å². The number of phenolic OH excluding ortho intramolecular Hbond substituents is 1. The lowest BCUT2D eigenvalue weighted by molar-refractivity contribution is -0.119. The third kappa shape index (κ3) is 4.79. The van der Waals surface area contributed by atoms with Crippen LogP contribution >= 0.6 is 0 Å². The van der Waals surface area contributed by atoms with E-state index < -0.39 is 0 Å². The summed E-state index contributed by atoms with van der Waals surface area (Å²) in [5.74, 6) is 0.233. The van der Waals surface area contributed by atoms with E-state index in [0.717, 1.165) is 5.56 Å². The van der Waals surface area contributed by atoms with Gasteiger partial charge in [0.05, 0.1) is 13.2 Å². The van der Waals surface area contributed by atoms with Gasteiger partial charge in [0, 0.05) is 12.6 Å². The summed E-state index contributed by atoms with van der Waals surface area (Å²) in [5.41, 5.74) is 6.21. The molecule has 0 saturated heterocycles. The Morgan fingerprint density at radius 1 is 1.47 bits per heavy atom. The van der Waals surface area contributed by atoms with Crippen LogP contribution in [0.1, 0.15) is 26.3 Å². The number of carbonyl (C=O) groups excluding carboxylic acids is 1. The van der Waals surface area contributed by atoms with Gasteiger partial charge >= 0.3 is 0 Å². The fourth-order valence-corrected chi connectivity index (χ4v) is 1.78. The van der Waals surface area contributed by atoms with Crippen molar-refractivity contribution in [3.05, 3.63) is 23.8 Å². The van der Waals surface area contributed by atoms with Gasteiger partial charge in [0.2, 0.25) is 5.91 Å². The molecule has 0 fully saturated rings. The van der Waals surface area contributed by atoms with E-state index in [9.17, 15) is 9.90 Å². The number of carbonyl (C=O) groups is 1. The first-order chi connectivity index (χ1) is 8.93. The van der Waals surface area contributed by atoms with Crippen LogP contribution in [0.3, 0.4) is 0 Å². The van der Waals surface area contributed by atoms with Gasteiger partial charge in [-0.25, -0.2) is 0 Å². The number of hydrogen-bond acceptors (Lipinski definition) is 4. The molecule has 0 aliphatic rings. The normalized spacial score (nSPS) is 11.0. The van der Waals surface area contributed by atoms with Crippen LogP contribution in [-0.4, -0.2) is 35.1 Å². The second-order valence-corrected chi connectivity index (χ2v) is 4.70. The SMILES string of the molecule is CCOc1cc(CN(CC(N)=O)C(C)C)ccc1O. The van der Waals surface area contributed by atoms with Crippen molar-refractivity contribution in [2.75, 3.05) is 13.2 Å². The number of phenols is 1. The molecule has 0 atom stereocenters. The molecule has 0 aliphatic carbocycles. The number of nitrogens with zero attached hydrogens (tertiary/aromatic N) is 1. The molecule has 0 spiro atoms. The highest BCUT2D eigenvalue weighted by molar-refractivity contribution is 5.75. The molecule has 1 aromatic rings. The van der Waals surface area contributed by atoms with Crippen LogP contribution < -0.4 is 10.5 Å². The van der Waals surface area contributed by atoms with Crippen molar-refractivity contribution in [3.8, 4) is 11.5 Å². The number of rotatable bonds is 7. The van der Waals surface area contributed by atoms with E-state index in [0.29, 0.717) is 18.9 Å². The van der Waals surface area contributed by atoms with Crippen molar-refractivity contribution in [1.29, 1.82) is 0 Å². The predicted octanol–water partition coefficient (Wildman–Crippen LogP) is 1.49. The second kappa shape index (κ2) is 6.99. The molecule has 0 heterocycles. The molecule has 1 aromatic carbocycles. The van der Waals surface area contributed by atoms with Gasteiger partial charge in [-0.2, -0.15) is 0 Å². The lowest BCUT2D eigenvalue weighted by Gasteiger charge is -2.25. The summed E-state index contributed by atoms with van der Waals surface area (Å²) >= 11 is 0. The number of ether oxygens (including phenoxy) is 1. The van der Waals surface area contributed by atoms with Crippen LogP contribution in [0.2, 0.25) is 0 Å². The van der Waals surface area contributed by atoms with E-state index in [2.05, 4.69) is 0 Å². The Kier molecular flexibility index (Phi) is 5.63. The molecule has 0 bridgehead atoms. The molecule has 5 heteroatoms. The summed E-state index contributed by atoms with van der Waals surface area (Å²) in [7, 11) is 0. The van der Waals surface area contributed by atoms with Gasteiger partial charge in [0.25, 0.3) is 0 Å². The molecule has 0 aromatic heterocycles. The number of benzene rings is 1. The minimum absolute atomic E-state index is 0.122. The molecular formula is C14H22N2O3. The Bertz CT molecular complexity index is 433. The quantitative estimate of drug-likeness (QED) is 0.784. The third-order valence-electron chi connectivity index (χ3n) is 2.80. The summed E-state index contributed by atoms with van der Waals surface area (Å²) in [4.78, 5) is 13.0. The topological polar surface area (TPSA) is 75.8 Å². The number of aromatic hydroxyl groups is 1. The molecule has 3 N–H and O–H groups in total. The third-order valence-corrected chi connectivity index (χ3v) is 2.80. The molecule has 0 unspecified atom stereocenters. The molecular weight excluding hydrogens is 244 g/mol. The molecule has 5 nitrogen and oxygen atoms in total. The molecule has 0 radical (unpaired) electrons. The lowest BCUT2D eigenvalue weighted by Crippen LogP contribution is -2.37. The monoisotopic (exact) mass is 266 g/mol. The van der Waals surface area contributed by atoms with Gasteiger partial charge < -0.3 is 15.6 Å². The minimum Gasteiger partial charge on any atom is -0.504 e. The van der Waals surface area contributed by atoms with E-state index in [-0.39, 0.29) is 24.2 Å². The average Bonchev–Trinajstić information content (AvgIpc) is 2.32. The Morgan fingerprint density at radius 2 is 2.16 bits per heavy atom. The fourth-order valence-electron chi connectivity index (χ4n) is 1.78. The minimum atomic E-state index is -0.350. The molecule has 1 amide bonds. The van der Waals surface area contributed by atoms with Crippen molar-refractivity contribution in [2.24, 2.45) is 5.73 Å². The van der Waals surface area contributed by atoms with Crippen LogP contribution in [0.4, 0.5) is 0 Å². The Labute approximate surface area is 114 Å². The first-order valence-corrected chi connectivity index (χ1v) is 6.41. The van der Waals surface area contributed by atoms with Gasteiger partial charge in [-0.05, 0) is 38.5 Å². The highest BCUT2D eigenvalue weighted by atomic mass is 16.5. The van der Waals surface area contributed by atoms with E-state index in [4.69, 9.17) is 10.5 Å². The number of nitrogens with two attached hydrogens (primary N) is 1. The van der Waals surface area contributed by atoms with Gasteiger partial charge in [0.15, 0.2) is 11.5 Å². The van der Waals surface area contributed by atoms with Crippen LogP contribution in [0.5, 0.6) is 11.5 Å². The molecule has 1 rings (SSSR count). The van der Waals surface area contributed by atoms with Crippen LogP contribution in [0, 0.1) is 0 Å². The number of primary amides is 1. The van der Waals surface area contributed by atoms with Gasteiger partial charge in [-0.15, -0.1) is 0 Å². The van der Waals surface area contributed by atoms with Crippen LogP contribution in [0.25, 0.3) is 0 Å². The molecule has 106 valence electrons. The summed E-state index contributed by atoms with van der Waals surface area (Å²) < 4.78 is 5.34. The number of amides is 1. The largest absolute Gasteiger partial charge is 0.504 e. The van der Waals surface area contributed by atoms with Gasteiger partial charge in [-0.1, -0.05) is 6.07 Å². The summed E-state index contributed by atoms with van der Waals surface area (Å²) in [6.45, 7) is 7.16. The maximum Gasteiger partial charge on any atom is 0.231 e. The number of hydrogen-bond donors (Lipinski definition) is 2. The maximum absolute atomic E-state index is 11.0. The molecule has 19 heavy (non-hydrogen) atoms. The van der Waals surface area contributed by atoms with Crippen molar-refractivity contribution in [2.45, 2.75) is 33.4 Å². The Morgan fingerprint density at radius 3 is 2.68 bits per heavy atom. The molecule has 0 aliphatic heterocycles. The Hall–Kier alpha value is -1.75. The van der Waals surface area contributed by atoms with Gasteiger partial charge in [0.1, 0.15) is 0 Å². The summed E-state index contributed by atoms with van der Waals surface area (Å²) in [6.07, 6.45) is 0. The van der Waals surface area contributed by atoms with E-state index >= 15 is 0 Å². The Balaban J connectivity index is 2.84. The lowest BCUT2D eigenvalue weighted by atomic mass is 10.1. The second-order valence-electron chi connectivity index (χ2n) is 4.70. The van der Waals surface area contributed by atoms with Crippen LogP contribution in [0.15, 0.2) is 18.2 Å². The fraction of sp³-hybridized carbons (Fsp3) is 0.500.